The van der Waals surface area contributed by atoms with Gasteiger partial charge in [-0.25, -0.2) is 4.79 Å². The van der Waals surface area contributed by atoms with E-state index in [1.807, 2.05) is 49.4 Å². The quantitative estimate of drug-likeness (QED) is 0.764. The first-order valence-corrected chi connectivity index (χ1v) is 6.70. The van der Waals surface area contributed by atoms with Crippen LogP contribution in [0.25, 0.3) is 5.57 Å². The van der Waals surface area contributed by atoms with Gasteiger partial charge in [-0.15, -0.1) is 0 Å². The molecule has 20 heavy (non-hydrogen) atoms. The first kappa shape index (κ1) is 12.7. The van der Waals surface area contributed by atoms with Crippen molar-refractivity contribution in [3.8, 4) is 0 Å². The zero-order valence-electron chi connectivity index (χ0n) is 11.6. The Bertz CT molecular complexity index is 666. The largest absolute Gasteiger partial charge is 0.449 e. The Labute approximate surface area is 118 Å². The van der Waals surface area contributed by atoms with Crippen LogP contribution >= 0.6 is 0 Å². The molecule has 1 heterocycles. The van der Waals surface area contributed by atoms with Crippen molar-refractivity contribution in [1.82, 2.24) is 0 Å². The van der Waals surface area contributed by atoms with Gasteiger partial charge < -0.3 is 4.74 Å². The number of aryl methyl sites for hydroxylation is 1. The molecule has 0 aromatic heterocycles. The van der Waals surface area contributed by atoms with Crippen LogP contribution < -0.4 is 0 Å². The molecule has 0 saturated heterocycles. The van der Waals surface area contributed by atoms with E-state index in [0.29, 0.717) is 5.57 Å². The lowest BCUT2D eigenvalue weighted by molar-refractivity contribution is -0.139. The van der Waals surface area contributed by atoms with Crippen LogP contribution in [0.2, 0.25) is 0 Å². The highest BCUT2D eigenvalue weighted by Gasteiger charge is 2.33. The predicted octanol–water partition coefficient (Wildman–Crippen LogP) is 4.07. The summed E-state index contributed by atoms with van der Waals surface area (Å²) in [6, 6.07) is 18.1. The Morgan fingerprint density at radius 3 is 2.20 bits per heavy atom. The van der Waals surface area contributed by atoms with Crippen molar-refractivity contribution in [3.63, 3.8) is 0 Å². The van der Waals surface area contributed by atoms with Crippen molar-refractivity contribution in [3.05, 3.63) is 76.9 Å². The Morgan fingerprint density at radius 2 is 1.55 bits per heavy atom. The fraction of sp³-hybridized carbons (Fsp3) is 0.167. The van der Waals surface area contributed by atoms with Gasteiger partial charge >= 0.3 is 5.97 Å². The Morgan fingerprint density at radius 1 is 0.900 bits per heavy atom. The third-order valence-corrected chi connectivity index (χ3v) is 3.66. The molecule has 2 heteroatoms. The van der Waals surface area contributed by atoms with Crippen LogP contribution in [-0.2, 0) is 9.53 Å². The number of rotatable bonds is 2. The maximum absolute atomic E-state index is 11.9. The van der Waals surface area contributed by atoms with Gasteiger partial charge in [-0.1, -0.05) is 60.2 Å². The molecule has 0 saturated carbocycles. The van der Waals surface area contributed by atoms with Crippen LogP contribution in [0.5, 0.6) is 0 Å². The van der Waals surface area contributed by atoms with Crippen molar-refractivity contribution >= 4 is 11.5 Å². The van der Waals surface area contributed by atoms with Crippen LogP contribution in [-0.4, -0.2) is 5.97 Å². The second-order valence-corrected chi connectivity index (χ2v) is 5.10. The summed E-state index contributed by atoms with van der Waals surface area (Å²) in [5.74, 6) is -0.227. The maximum Gasteiger partial charge on any atom is 0.335 e. The molecule has 1 aliphatic rings. The Hall–Kier alpha value is -2.35. The van der Waals surface area contributed by atoms with Crippen LogP contribution in [0, 0.1) is 6.92 Å². The van der Waals surface area contributed by atoms with Crippen molar-refractivity contribution in [2.75, 3.05) is 0 Å². The normalized spacial score (nSPS) is 18.3. The van der Waals surface area contributed by atoms with Gasteiger partial charge in [0.25, 0.3) is 0 Å². The average Bonchev–Trinajstić information content (AvgIpc) is 2.77. The van der Waals surface area contributed by atoms with Gasteiger partial charge in [-0.2, -0.15) is 0 Å². The second-order valence-electron chi connectivity index (χ2n) is 5.10. The molecular formula is C18H16O2. The highest BCUT2D eigenvalue weighted by Crippen LogP contribution is 2.41. The summed E-state index contributed by atoms with van der Waals surface area (Å²) in [6.07, 6.45) is -0.300. The van der Waals surface area contributed by atoms with E-state index in [-0.39, 0.29) is 12.1 Å². The van der Waals surface area contributed by atoms with Crippen molar-refractivity contribution in [1.29, 1.82) is 0 Å². The van der Waals surface area contributed by atoms with Gasteiger partial charge in [0.05, 0.1) is 0 Å². The van der Waals surface area contributed by atoms with E-state index in [9.17, 15) is 4.79 Å². The highest BCUT2D eigenvalue weighted by molar-refractivity contribution is 6.02. The number of hydrogen-bond donors (Lipinski definition) is 0. The van der Waals surface area contributed by atoms with Crippen LogP contribution in [0.3, 0.4) is 0 Å². The number of hydrogen-bond acceptors (Lipinski definition) is 2. The highest BCUT2D eigenvalue weighted by atomic mass is 16.5. The molecule has 0 aliphatic carbocycles. The lowest BCUT2D eigenvalue weighted by Gasteiger charge is -2.15. The van der Waals surface area contributed by atoms with Crippen LogP contribution in [0.4, 0.5) is 0 Å². The monoisotopic (exact) mass is 264 g/mol. The zero-order chi connectivity index (χ0) is 14.1. The van der Waals surface area contributed by atoms with Crippen molar-refractivity contribution in [2.45, 2.75) is 20.0 Å². The summed E-state index contributed by atoms with van der Waals surface area (Å²) in [5.41, 5.74) is 4.93. The second kappa shape index (κ2) is 4.97. The molecular weight excluding hydrogens is 248 g/mol. The minimum Gasteiger partial charge on any atom is -0.449 e. The van der Waals surface area contributed by atoms with E-state index in [2.05, 4.69) is 19.1 Å². The minimum atomic E-state index is -0.300. The van der Waals surface area contributed by atoms with Gasteiger partial charge in [0.1, 0.15) is 0 Å². The molecule has 100 valence electrons. The number of benzene rings is 2. The number of carbonyl (C=O) groups is 1. The summed E-state index contributed by atoms with van der Waals surface area (Å²) in [7, 11) is 0. The van der Waals surface area contributed by atoms with Gasteiger partial charge in [0, 0.05) is 11.1 Å². The van der Waals surface area contributed by atoms with E-state index in [1.54, 1.807) is 0 Å². The molecule has 0 bridgehead atoms. The maximum atomic E-state index is 11.9. The number of ether oxygens (including phenoxy) is 1. The van der Waals surface area contributed by atoms with Crippen LogP contribution in [0.1, 0.15) is 29.7 Å². The van der Waals surface area contributed by atoms with Gasteiger partial charge in [0.15, 0.2) is 6.10 Å². The minimum absolute atomic E-state index is 0.227. The number of carbonyl (C=O) groups excluding carboxylic acids is 1. The standard InChI is InChI=1S/C18H16O2/c1-12-8-10-14(11-9-12)16-13(2)18(19)20-17(16)15-6-4-3-5-7-15/h3-11,17H,1-2H3/t17-/m0/s1. The average molecular weight is 264 g/mol. The fourth-order valence-corrected chi connectivity index (χ4v) is 2.52. The molecule has 0 amide bonds. The van der Waals surface area contributed by atoms with Gasteiger partial charge in [-0.3, -0.25) is 0 Å². The van der Waals surface area contributed by atoms with Crippen molar-refractivity contribution in [2.24, 2.45) is 0 Å². The van der Waals surface area contributed by atoms with E-state index in [0.717, 1.165) is 16.7 Å². The summed E-state index contributed by atoms with van der Waals surface area (Å²) in [6.45, 7) is 3.89. The van der Waals surface area contributed by atoms with Crippen molar-refractivity contribution < 1.29 is 9.53 Å². The van der Waals surface area contributed by atoms with E-state index < -0.39 is 0 Å². The topological polar surface area (TPSA) is 26.3 Å². The van der Waals surface area contributed by atoms with E-state index in [4.69, 9.17) is 4.74 Å². The summed E-state index contributed by atoms with van der Waals surface area (Å²) in [5, 5.41) is 0. The smallest absolute Gasteiger partial charge is 0.335 e. The molecule has 0 unspecified atom stereocenters. The lowest BCUT2D eigenvalue weighted by Crippen LogP contribution is -2.02. The summed E-state index contributed by atoms with van der Waals surface area (Å²) in [4.78, 5) is 11.9. The van der Waals surface area contributed by atoms with E-state index >= 15 is 0 Å². The molecule has 2 aromatic rings. The third-order valence-electron chi connectivity index (χ3n) is 3.66. The molecule has 0 fully saturated rings. The molecule has 2 nitrogen and oxygen atoms in total. The lowest BCUT2D eigenvalue weighted by atomic mass is 9.93. The summed E-state index contributed by atoms with van der Waals surface area (Å²) >= 11 is 0. The zero-order valence-corrected chi connectivity index (χ0v) is 11.6. The predicted molar refractivity (Wildman–Crippen MR) is 79.0 cm³/mol. The Balaban J connectivity index is 2.09. The van der Waals surface area contributed by atoms with Gasteiger partial charge in [-0.05, 0) is 25.0 Å². The fourth-order valence-electron chi connectivity index (χ4n) is 2.52. The van der Waals surface area contributed by atoms with Gasteiger partial charge in [0.2, 0.25) is 0 Å². The SMILES string of the molecule is CC1=C(c2ccc(C)cc2)[C@H](c2ccccc2)OC1=O. The molecule has 0 spiro atoms. The molecule has 1 aliphatic heterocycles. The summed E-state index contributed by atoms with van der Waals surface area (Å²) < 4.78 is 5.54. The molecule has 3 rings (SSSR count). The first-order chi connectivity index (χ1) is 9.66. The molecule has 0 N–H and O–H groups in total. The number of esters is 1. The first-order valence-electron chi connectivity index (χ1n) is 6.70. The number of cyclic esters (lactones) is 1. The molecule has 1 atom stereocenters. The molecule has 0 radical (unpaired) electrons. The van der Waals surface area contributed by atoms with E-state index in [1.165, 1.54) is 5.56 Å². The Kier molecular flexibility index (Phi) is 3.15. The molecule has 2 aromatic carbocycles. The third kappa shape index (κ3) is 2.14. The van der Waals surface area contributed by atoms with Crippen LogP contribution in [0.15, 0.2) is 60.2 Å².